The Hall–Kier alpha value is -1.58. The Bertz CT molecular complexity index is 820. The minimum atomic E-state index is -0.452. The Morgan fingerprint density at radius 3 is 2.65 bits per heavy atom. The van der Waals surface area contributed by atoms with Gasteiger partial charge in [-0.1, -0.05) is 36.1 Å². The molecular formula is C16H9IN2O2S2. The molecule has 0 N–H and O–H groups in total. The van der Waals surface area contributed by atoms with Crippen molar-refractivity contribution in [2.45, 2.75) is 0 Å². The molecule has 7 heteroatoms. The molecule has 0 aliphatic carbocycles. The number of imide groups is 1. The maximum atomic E-state index is 12.5. The molecule has 1 aliphatic rings. The molecule has 0 unspecified atom stereocenters. The summed E-state index contributed by atoms with van der Waals surface area (Å²) in [5.74, 6) is -0.848. The van der Waals surface area contributed by atoms with Crippen LogP contribution in [0.3, 0.4) is 0 Å². The van der Waals surface area contributed by atoms with E-state index < -0.39 is 11.8 Å². The normalized spacial score (nSPS) is 16.2. The minimum Gasteiger partial charge on any atom is -0.268 e. The van der Waals surface area contributed by atoms with Crippen LogP contribution >= 0.6 is 46.6 Å². The van der Waals surface area contributed by atoms with Gasteiger partial charge in [0.2, 0.25) is 0 Å². The monoisotopic (exact) mass is 452 g/mol. The number of hydrogen-bond donors (Lipinski definition) is 0. The first-order valence-electron chi connectivity index (χ1n) is 6.54. The van der Waals surface area contributed by atoms with Crippen LogP contribution < -0.4 is 0 Å². The molecule has 1 aromatic heterocycles. The second-order valence-corrected chi connectivity index (χ2v) is 7.54. The molecule has 114 valence electrons. The highest BCUT2D eigenvalue weighted by Crippen LogP contribution is 2.33. The van der Waals surface area contributed by atoms with E-state index in [0.29, 0.717) is 10.5 Å². The van der Waals surface area contributed by atoms with Crippen LogP contribution in [0, 0.1) is 3.57 Å². The van der Waals surface area contributed by atoms with Gasteiger partial charge in [-0.25, -0.2) is 4.90 Å². The predicted molar refractivity (Wildman–Crippen MR) is 103 cm³/mol. The summed E-state index contributed by atoms with van der Waals surface area (Å²) in [5, 5.41) is 0. The molecule has 4 nitrogen and oxygen atoms in total. The van der Waals surface area contributed by atoms with Gasteiger partial charge in [-0.3, -0.25) is 14.6 Å². The van der Waals surface area contributed by atoms with E-state index in [2.05, 4.69) is 27.6 Å². The smallest absolute Gasteiger partial charge is 0.268 e. The number of thiocarbonyl (C=S) groups is 1. The Balaban J connectivity index is 1.88. The Kier molecular flexibility index (Phi) is 4.88. The first-order valence-corrected chi connectivity index (χ1v) is 8.84. The van der Waals surface area contributed by atoms with Crippen LogP contribution in [0.15, 0.2) is 53.7 Å². The fourth-order valence-electron chi connectivity index (χ4n) is 1.97. The summed E-state index contributed by atoms with van der Waals surface area (Å²) >= 11 is 8.54. The van der Waals surface area contributed by atoms with Gasteiger partial charge in [0.1, 0.15) is 0 Å². The lowest BCUT2D eigenvalue weighted by Crippen LogP contribution is -2.34. The lowest BCUT2D eigenvalue weighted by Gasteiger charge is -2.11. The quantitative estimate of drug-likeness (QED) is 0.301. The Morgan fingerprint density at radius 2 is 2.00 bits per heavy atom. The van der Waals surface area contributed by atoms with E-state index in [1.165, 1.54) is 6.20 Å². The van der Waals surface area contributed by atoms with E-state index in [0.717, 1.165) is 25.8 Å². The third kappa shape index (κ3) is 3.51. The highest BCUT2D eigenvalue weighted by Gasteiger charge is 2.37. The molecular weight excluding hydrogens is 443 g/mol. The van der Waals surface area contributed by atoms with Crippen molar-refractivity contribution >= 4 is 68.8 Å². The second-order valence-electron chi connectivity index (χ2n) is 4.62. The SMILES string of the molecule is O=C1/C(=C/c2ccc(I)cc2)SC(=S)N1C(=O)c1cccnc1. The van der Waals surface area contributed by atoms with E-state index >= 15 is 0 Å². The molecule has 2 heterocycles. The van der Waals surface area contributed by atoms with Gasteiger partial charge in [0.15, 0.2) is 4.32 Å². The molecule has 1 aromatic carbocycles. The van der Waals surface area contributed by atoms with E-state index in [9.17, 15) is 9.59 Å². The van der Waals surface area contributed by atoms with Crippen molar-refractivity contribution in [2.75, 3.05) is 0 Å². The summed E-state index contributed by atoms with van der Waals surface area (Å²) < 4.78 is 1.35. The molecule has 2 aromatic rings. The maximum Gasteiger partial charge on any atom is 0.273 e. The number of aromatic nitrogens is 1. The van der Waals surface area contributed by atoms with Crippen molar-refractivity contribution in [3.63, 3.8) is 0 Å². The summed E-state index contributed by atoms with van der Waals surface area (Å²) in [6.07, 6.45) is 4.73. The number of carbonyl (C=O) groups is 2. The number of carbonyl (C=O) groups excluding carboxylic acids is 2. The molecule has 23 heavy (non-hydrogen) atoms. The van der Waals surface area contributed by atoms with Gasteiger partial charge in [-0.15, -0.1) is 0 Å². The van der Waals surface area contributed by atoms with Gasteiger partial charge in [0, 0.05) is 16.0 Å². The average molecular weight is 452 g/mol. The van der Waals surface area contributed by atoms with Crippen molar-refractivity contribution in [2.24, 2.45) is 0 Å². The van der Waals surface area contributed by atoms with Crippen LogP contribution in [0.2, 0.25) is 0 Å². The molecule has 2 amide bonds. The summed E-state index contributed by atoms with van der Waals surface area (Å²) in [6, 6.07) is 11.0. The summed E-state index contributed by atoms with van der Waals surface area (Å²) in [6.45, 7) is 0. The van der Waals surface area contributed by atoms with Crippen LogP contribution in [0.25, 0.3) is 6.08 Å². The fraction of sp³-hybridized carbons (Fsp3) is 0. The first kappa shape index (κ1) is 16.3. The highest BCUT2D eigenvalue weighted by molar-refractivity contribution is 14.1. The molecule has 0 spiro atoms. The lowest BCUT2D eigenvalue weighted by atomic mass is 10.2. The van der Waals surface area contributed by atoms with Gasteiger partial charge < -0.3 is 0 Å². The Labute approximate surface area is 156 Å². The summed E-state index contributed by atoms with van der Waals surface area (Å²) in [5.41, 5.74) is 1.22. The highest BCUT2D eigenvalue weighted by atomic mass is 127. The number of benzene rings is 1. The van der Waals surface area contributed by atoms with Crippen LogP contribution in [0.5, 0.6) is 0 Å². The Morgan fingerprint density at radius 1 is 1.26 bits per heavy atom. The zero-order chi connectivity index (χ0) is 16.4. The van der Waals surface area contributed by atoms with Gasteiger partial charge in [-0.2, -0.15) is 0 Å². The van der Waals surface area contributed by atoms with Crippen molar-refractivity contribution in [1.29, 1.82) is 0 Å². The van der Waals surface area contributed by atoms with E-state index in [1.54, 1.807) is 24.4 Å². The third-order valence-corrected chi connectivity index (χ3v) is 5.09. The number of nitrogens with zero attached hydrogens (tertiary/aromatic N) is 2. The predicted octanol–water partition coefficient (Wildman–Crippen LogP) is 3.73. The van der Waals surface area contributed by atoms with E-state index in [1.807, 2.05) is 24.3 Å². The van der Waals surface area contributed by atoms with Crippen molar-refractivity contribution in [3.05, 3.63) is 68.4 Å². The average Bonchev–Trinajstić information content (AvgIpc) is 2.84. The minimum absolute atomic E-state index is 0.237. The number of hydrogen-bond acceptors (Lipinski definition) is 5. The van der Waals surface area contributed by atoms with Gasteiger partial charge >= 0.3 is 0 Å². The maximum absolute atomic E-state index is 12.5. The lowest BCUT2D eigenvalue weighted by molar-refractivity contribution is -0.120. The standard InChI is InChI=1S/C16H9IN2O2S2/c17-12-5-3-10(4-6-12)8-13-15(21)19(16(22)23-13)14(20)11-2-1-7-18-9-11/h1-9H/b13-8-. The van der Waals surface area contributed by atoms with Crippen LogP contribution in [-0.2, 0) is 4.79 Å². The zero-order valence-electron chi connectivity index (χ0n) is 11.6. The largest absolute Gasteiger partial charge is 0.273 e. The van der Waals surface area contributed by atoms with Crippen LogP contribution in [-0.4, -0.2) is 26.0 Å². The molecule has 1 aliphatic heterocycles. The molecule has 3 rings (SSSR count). The molecule has 0 bridgehead atoms. The molecule has 1 fully saturated rings. The van der Waals surface area contributed by atoms with Gasteiger partial charge in [0.05, 0.1) is 10.5 Å². The molecule has 0 radical (unpaired) electrons. The number of pyridine rings is 1. The zero-order valence-corrected chi connectivity index (χ0v) is 15.4. The van der Waals surface area contributed by atoms with Gasteiger partial charge in [0.25, 0.3) is 11.8 Å². The number of rotatable bonds is 2. The van der Waals surface area contributed by atoms with Crippen molar-refractivity contribution in [1.82, 2.24) is 9.88 Å². The van der Waals surface area contributed by atoms with Crippen LogP contribution in [0.4, 0.5) is 0 Å². The number of amides is 2. The molecule has 0 atom stereocenters. The summed E-state index contributed by atoms with van der Waals surface area (Å²) in [4.78, 5) is 30.3. The molecule has 1 saturated heterocycles. The van der Waals surface area contributed by atoms with Crippen molar-refractivity contribution < 1.29 is 9.59 Å². The van der Waals surface area contributed by atoms with Gasteiger partial charge in [-0.05, 0) is 58.5 Å². The van der Waals surface area contributed by atoms with E-state index in [4.69, 9.17) is 12.2 Å². The topological polar surface area (TPSA) is 50.3 Å². The van der Waals surface area contributed by atoms with Crippen molar-refractivity contribution in [3.8, 4) is 0 Å². The molecule has 0 saturated carbocycles. The van der Waals surface area contributed by atoms with Crippen LogP contribution in [0.1, 0.15) is 15.9 Å². The first-order chi connectivity index (χ1) is 11.1. The fourth-order valence-corrected chi connectivity index (χ4v) is 3.59. The third-order valence-electron chi connectivity index (χ3n) is 3.07. The van der Waals surface area contributed by atoms with E-state index in [-0.39, 0.29) is 4.32 Å². The summed E-state index contributed by atoms with van der Waals surface area (Å²) in [7, 11) is 0. The second kappa shape index (κ2) is 6.90. The number of halogens is 1. The number of thioether (sulfide) groups is 1.